The van der Waals surface area contributed by atoms with Crippen LogP contribution in [0.3, 0.4) is 0 Å². The van der Waals surface area contributed by atoms with Crippen molar-refractivity contribution in [1.82, 2.24) is 4.90 Å². The van der Waals surface area contributed by atoms with E-state index in [2.05, 4.69) is 0 Å². The molecule has 0 aromatic heterocycles. The maximum atomic E-state index is 12.7. The van der Waals surface area contributed by atoms with Crippen molar-refractivity contribution in [2.75, 3.05) is 14.2 Å². The SMILES string of the molecule is COC(=O)[C@H](C)N1C(=O)/C(=C/c2ccc(OCc3ccccc3)c(OC)c2)SC1=S. The fourth-order valence-corrected chi connectivity index (χ4v) is 4.29. The highest BCUT2D eigenvalue weighted by molar-refractivity contribution is 8.26. The number of carbonyl (C=O) groups is 2. The van der Waals surface area contributed by atoms with Crippen molar-refractivity contribution >= 4 is 46.3 Å². The van der Waals surface area contributed by atoms with Gasteiger partial charge >= 0.3 is 5.97 Å². The summed E-state index contributed by atoms with van der Waals surface area (Å²) in [6.07, 6.45) is 1.72. The first kappa shape index (κ1) is 21.9. The lowest BCUT2D eigenvalue weighted by atomic mass is 10.1. The van der Waals surface area contributed by atoms with Crippen molar-refractivity contribution in [1.29, 1.82) is 0 Å². The van der Waals surface area contributed by atoms with Gasteiger partial charge in [-0.15, -0.1) is 0 Å². The molecule has 6 nitrogen and oxygen atoms in total. The van der Waals surface area contributed by atoms with Crippen LogP contribution in [0.15, 0.2) is 53.4 Å². The Morgan fingerprint density at radius 1 is 1.17 bits per heavy atom. The van der Waals surface area contributed by atoms with Crippen molar-refractivity contribution in [2.45, 2.75) is 19.6 Å². The number of rotatable bonds is 7. The minimum atomic E-state index is -0.781. The first-order valence-electron chi connectivity index (χ1n) is 9.14. The molecule has 0 N–H and O–H groups in total. The molecule has 1 fully saturated rings. The number of hydrogen-bond acceptors (Lipinski definition) is 7. The number of esters is 1. The van der Waals surface area contributed by atoms with Crippen LogP contribution in [0.4, 0.5) is 0 Å². The molecule has 2 aromatic carbocycles. The molecule has 1 heterocycles. The smallest absolute Gasteiger partial charge is 0.328 e. The number of ether oxygens (including phenoxy) is 3. The zero-order valence-corrected chi connectivity index (χ0v) is 18.4. The number of amides is 1. The minimum absolute atomic E-state index is 0.318. The van der Waals surface area contributed by atoms with E-state index in [0.717, 1.165) is 22.9 Å². The van der Waals surface area contributed by atoms with Crippen molar-refractivity contribution < 1.29 is 23.8 Å². The van der Waals surface area contributed by atoms with E-state index in [4.69, 9.17) is 26.4 Å². The van der Waals surface area contributed by atoms with Gasteiger partial charge in [0.15, 0.2) is 11.5 Å². The topological polar surface area (TPSA) is 65.1 Å². The highest BCUT2D eigenvalue weighted by Gasteiger charge is 2.38. The number of nitrogens with zero attached hydrogens (tertiary/aromatic N) is 1. The van der Waals surface area contributed by atoms with Crippen molar-refractivity contribution in [3.05, 3.63) is 64.6 Å². The predicted molar refractivity (Wildman–Crippen MR) is 120 cm³/mol. The average molecular weight is 444 g/mol. The van der Waals surface area contributed by atoms with Gasteiger partial charge in [0.25, 0.3) is 5.91 Å². The van der Waals surface area contributed by atoms with Crippen LogP contribution in [-0.2, 0) is 20.9 Å². The van der Waals surface area contributed by atoms with Crippen LogP contribution in [0.1, 0.15) is 18.1 Å². The van der Waals surface area contributed by atoms with Crippen LogP contribution in [0, 0.1) is 0 Å². The van der Waals surface area contributed by atoms with Gasteiger partial charge in [-0.2, -0.15) is 0 Å². The van der Waals surface area contributed by atoms with Crippen molar-refractivity contribution in [3.63, 3.8) is 0 Å². The molecule has 1 atom stereocenters. The maximum Gasteiger partial charge on any atom is 0.328 e. The van der Waals surface area contributed by atoms with Gasteiger partial charge in [0, 0.05) is 0 Å². The molecule has 1 amide bonds. The largest absolute Gasteiger partial charge is 0.493 e. The molecule has 1 aliphatic heterocycles. The fourth-order valence-electron chi connectivity index (χ4n) is 2.87. The van der Waals surface area contributed by atoms with E-state index in [9.17, 15) is 9.59 Å². The van der Waals surface area contributed by atoms with Gasteiger partial charge in [0.05, 0.1) is 19.1 Å². The highest BCUT2D eigenvalue weighted by atomic mass is 32.2. The second-order valence-corrected chi connectivity index (χ2v) is 8.11. The maximum absolute atomic E-state index is 12.7. The van der Waals surface area contributed by atoms with E-state index in [0.29, 0.717) is 27.3 Å². The zero-order valence-electron chi connectivity index (χ0n) is 16.8. The Morgan fingerprint density at radius 3 is 2.57 bits per heavy atom. The normalized spacial score (nSPS) is 16.0. The molecule has 156 valence electrons. The van der Waals surface area contributed by atoms with Gasteiger partial charge in [-0.3, -0.25) is 9.69 Å². The number of benzene rings is 2. The lowest BCUT2D eigenvalue weighted by Gasteiger charge is -2.20. The Bertz CT molecular complexity index is 990. The molecule has 1 saturated heterocycles. The Balaban J connectivity index is 1.78. The molecule has 0 radical (unpaired) electrons. The molecule has 0 unspecified atom stereocenters. The standard InChI is InChI=1S/C22H21NO5S2/c1-14(21(25)27-3)23-20(24)19(30-22(23)29)12-16-9-10-17(18(11-16)26-2)28-13-15-7-5-4-6-8-15/h4-12,14H,13H2,1-3H3/b19-12-/t14-/m0/s1. The second kappa shape index (κ2) is 9.77. The molecule has 3 rings (SSSR count). The van der Waals surface area contributed by atoms with E-state index >= 15 is 0 Å². The van der Waals surface area contributed by atoms with Gasteiger partial charge in [0.1, 0.15) is 17.0 Å². The predicted octanol–water partition coefficient (Wildman–Crippen LogP) is 4.04. The molecule has 0 saturated carbocycles. The van der Waals surface area contributed by atoms with Crippen LogP contribution >= 0.6 is 24.0 Å². The summed E-state index contributed by atoms with van der Waals surface area (Å²) < 4.78 is 16.4. The lowest BCUT2D eigenvalue weighted by molar-refractivity contribution is -0.147. The van der Waals surface area contributed by atoms with Crippen LogP contribution in [0.5, 0.6) is 11.5 Å². The minimum Gasteiger partial charge on any atom is -0.493 e. The second-order valence-electron chi connectivity index (χ2n) is 6.44. The van der Waals surface area contributed by atoms with Gasteiger partial charge in [0.2, 0.25) is 0 Å². The van der Waals surface area contributed by atoms with E-state index in [-0.39, 0.29) is 5.91 Å². The Labute approximate surface area is 184 Å². The van der Waals surface area contributed by atoms with E-state index in [1.807, 2.05) is 36.4 Å². The number of hydrogen-bond donors (Lipinski definition) is 0. The summed E-state index contributed by atoms with van der Waals surface area (Å²) >= 11 is 6.43. The first-order chi connectivity index (χ1) is 14.4. The van der Waals surface area contributed by atoms with E-state index < -0.39 is 12.0 Å². The molecule has 1 aliphatic rings. The van der Waals surface area contributed by atoms with Gasteiger partial charge in [-0.05, 0) is 36.3 Å². The molecule has 0 spiro atoms. The third-order valence-electron chi connectivity index (χ3n) is 4.48. The Morgan fingerprint density at radius 2 is 1.90 bits per heavy atom. The molecular formula is C22H21NO5S2. The average Bonchev–Trinajstić information content (AvgIpc) is 3.04. The Kier molecular flexibility index (Phi) is 7.12. The van der Waals surface area contributed by atoms with Crippen LogP contribution in [-0.4, -0.2) is 41.4 Å². The monoisotopic (exact) mass is 443 g/mol. The molecule has 30 heavy (non-hydrogen) atoms. The number of thioether (sulfide) groups is 1. The summed E-state index contributed by atoms with van der Waals surface area (Å²) in [5.41, 5.74) is 1.80. The number of methoxy groups -OCH3 is 2. The van der Waals surface area contributed by atoms with Crippen molar-refractivity contribution in [3.8, 4) is 11.5 Å². The molecular weight excluding hydrogens is 422 g/mol. The summed E-state index contributed by atoms with van der Waals surface area (Å²) in [6, 6.07) is 14.5. The number of carbonyl (C=O) groups excluding carboxylic acids is 2. The molecule has 0 bridgehead atoms. The van der Waals surface area contributed by atoms with Gasteiger partial charge in [-0.25, -0.2) is 4.79 Å². The third-order valence-corrected chi connectivity index (χ3v) is 5.81. The first-order valence-corrected chi connectivity index (χ1v) is 10.4. The van der Waals surface area contributed by atoms with Crippen molar-refractivity contribution in [2.24, 2.45) is 0 Å². The quantitative estimate of drug-likeness (QED) is 0.364. The summed E-state index contributed by atoms with van der Waals surface area (Å²) in [7, 11) is 2.84. The van der Waals surface area contributed by atoms with Crippen LogP contribution < -0.4 is 9.47 Å². The molecule has 0 aliphatic carbocycles. The van der Waals surface area contributed by atoms with E-state index in [1.165, 1.54) is 12.0 Å². The van der Waals surface area contributed by atoms with Gasteiger partial charge in [-0.1, -0.05) is 60.4 Å². The highest BCUT2D eigenvalue weighted by Crippen LogP contribution is 2.36. The molecule has 8 heteroatoms. The third kappa shape index (κ3) is 4.83. The van der Waals surface area contributed by atoms with Gasteiger partial charge < -0.3 is 14.2 Å². The molecule has 2 aromatic rings. The van der Waals surface area contributed by atoms with Crippen LogP contribution in [0.25, 0.3) is 6.08 Å². The summed E-state index contributed by atoms with van der Waals surface area (Å²) in [6.45, 7) is 2.00. The van der Waals surface area contributed by atoms with Crippen LogP contribution in [0.2, 0.25) is 0 Å². The fraction of sp³-hybridized carbons (Fsp3) is 0.227. The van der Waals surface area contributed by atoms with E-state index in [1.54, 1.807) is 32.2 Å². The zero-order chi connectivity index (χ0) is 21.7. The number of thiocarbonyl (C=S) groups is 1. The summed E-state index contributed by atoms with van der Waals surface area (Å²) in [5.74, 6) is 0.309. The summed E-state index contributed by atoms with van der Waals surface area (Å²) in [4.78, 5) is 26.3. The summed E-state index contributed by atoms with van der Waals surface area (Å²) in [5, 5.41) is 0. The Hall–Kier alpha value is -2.84. The lowest BCUT2D eigenvalue weighted by Crippen LogP contribution is -2.42.